The summed E-state index contributed by atoms with van der Waals surface area (Å²) in [6.45, 7) is 3.45. The van der Waals surface area contributed by atoms with Crippen LogP contribution in [0, 0.1) is 5.82 Å². The average Bonchev–Trinajstić information content (AvgIpc) is 2.72. The highest BCUT2D eigenvalue weighted by molar-refractivity contribution is 6.35. The van der Waals surface area contributed by atoms with Gasteiger partial charge in [0, 0.05) is 29.8 Å². The van der Waals surface area contributed by atoms with E-state index in [1.165, 1.54) is 12.1 Å². The van der Waals surface area contributed by atoms with Crippen LogP contribution in [0.25, 0.3) is 0 Å². The summed E-state index contributed by atoms with van der Waals surface area (Å²) in [5.41, 5.74) is 1.23. The molecule has 3 amide bonds. The highest BCUT2D eigenvalue weighted by atomic mass is 35.5. The first-order valence-corrected chi connectivity index (χ1v) is 10.9. The van der Waals surface area contributed by atoms with Crippen molar-refractivity contribution in [1.82, 2.24) is 15.5 Å². The number of likely N-dealkylation sites (tertiary alicyclic amines) is 1. The lowest BCUT2D eigenvalue weighted by molar-refractivity contribution is -0.117. The Hall–Kier alpha value is -2.35. The number of amides is 3. The van der Waals surface area contributed by atoms with Crippen molar-refractivity contribution in [2.24, 2.45) is 0 Å². The van der Waals surface area contributed by atoms with Gasteiger partial charge in [0.15, 0.2) is 0 Å². The number of urea groups is 1. The molecule has 1 atom stereocenters. The summed E-state index contributed by atoms with van der Waals surface area (Å²) < 4.78 is 13.7. The minimum Gasteiger partial charge on any atom is -0.335 e. The number of anilines is 1. The molecule has 3 N–H and O–H groups in total. The van der Waals surface area contributed by atoms with Crippen LogP contribution in [0.2, 0.25) is 10.0 Å². The van der Waals surface area contributed by atoms with Crippen LogP contribution in [0.1, 0.15) is 31.4 Å². The third-order valence-electron chi connectivity index (χ3n) is 5.20. The van der Waals surface area contributed by atoms with Gasteiger partial charge in [-0.25, -0.2) is 9.18 Å². The number of rotatable bonds is 6. The fourth-order valence-corrected chi connectivity index (χ4v) is 4.08. The molecule has 0 radical (unpaired) electrons. The Labute approximate surface area is 191 Å². The van der Waals surface area contributed by atoms with E-state index in [4.69, 9.17) is 23.2 Å². The van der Waals surface area contributed by atoms with E-state index in [1.807, 2.05) is 30.3 Å². The molecule has 0 saturated carbocycles. The molecule has 31 heavy (non-hydrogen) atoms. The number of carbonyl (C=O) groups excluding carboxylic acids is 2. The van der Waals surface area contributed by atoms with Gasteiger partial charge in [-0.15, -0.1) is 0 Å². The zero-order valence-corrected chi connectivity index (χ0v) is 18.6. The molecule has 166 valence electrons. The molecule has 0 bridgehead atoms. The molecular weight excluding hydrogens is 442 g/mol. The van der Waals surface area contributed by atoms with E-state index in [9.17, 15) is 14.0 Å². The van der Waals surface area contributed by atoms with Gasteiger partial charge in [0.1, 0.15) is 5.82 Å². The molecule has 1 fully saturated rings. The number of halogens is 3. The first-order valence-electron chi connectivity index (χ1n) is 10.1. The Morgan fingerprint density at radius 1 is 1.13 bits per heavy atom. The third kappa shape index (κ3) is 6.82. The van der Waals surface area contributed by atoms with E-state index in [0.29, 0.717) is 30.2 Å². The van der Waals surface area contributed by atoms with Gasteiger partial charge in [0.2, 0.25) is 5.91 Å². The Kier molecular flexibility index (Phi) is 8.12. The lowest BCUT2D eigenvalue weighted by Gasteiger charge is -2.32. The first kappa shape index (κ1) is 23.3. The van der Waals surface area contributed by atoms with Gasteiger partial charge in [0.05, 0.1) is 17.6 Å². The van der Waals surface area contributed by atoms with Crippen molar-refractivity contribution in [2.45, 2.75) is 31.8 Å². The molecule has 9 heteroatoms. The summed E-state index contributed by atoms with van der Waals surface area (Å²) in [6.07, 6.45) is 1.47. The monoisotopic (exact) mass is 466 g/mol. The molecule has 2 aromatic carbocycles. The van der Waals surface area contributed by atoms with E-state index in [-0.39, 0.29) is 23.0 Å². The molecule has 1 unspecified atom stereocenters. The second kappa shape index (κ2) is 10.8. The maximum absolute atomic E-state index is 13.7. The minimum absolute atomic E-state index is 0.00180. The summed E-state index contributed by atoms with van der Waals surface area (Å²) in [5.74, 6) is -0.643. The summed E-state index contributed by atoms with van der Waals surface area (Å²) in [6, 6.07) is 11.1. The summed E-state index contributed by atoms with van der Waals surface area (Å²) in [4.78, 5) is 26.6. The van der Waals surface area contributed by atoms with Crippen LogP contribution >= 0.6 is 23.2 Å². The number of para-hydroxylation sites is 1. The molecule has 1 aliphatic rings. The summed E-state index contributed by atoms with van der Waals surface area (Å²) >= 11 is 11.8. The molecule has 1 heterocycles. The predicted octanol–water partition coefficient (Wildman–Crippen LogP) is 4.60. The second-order valence-electron chi connectivity index (χ2n) is 7.59. The van der Waals surface area contributed by atoms with E-state index in [0.717, 1.165) is 18.5 Å². The van der Waals surface area contributed by atoms with Gasteiger partial charge >= 0.3 is 6.03 Å². The molecule has 1 saturated heterocycles. The van der Waals surface area contributed by atoms with E-state index >= 15 is 0 Å². The van der Waals surface area contributed by atoms with Crippen LogP contribution in [-0.2, 0) is 4.79 Å². The predicted molar refractivity (Wildman–Crippen MR) is 121 cm³/mol. The van der Waals surface area contributed by atoms with Crippen molar-refractivity contribution in [3.05, 3.63) is 63.9 Å². The van der Waals surface area contributed by atoms with Crippen LogP contribution < -0.4 is 16.0 Å². The van der Waals surface area contributed by atoms with Crippen LogP contribution in [0.5, 0.6) is 0 Å². The lowest BCUT2D eigenvalue weighted by atomic mass is 10.1. The van der Waals surface area contributed by atoms with Crippen molar-refractivity contribution >= 4 is 40.8 Å². The average molecular weight is 467 g/mol. The zero-order chi connectivity index (χ0) is 22.4. The number of carbonyl (C=O) groups is 2. The maximum Gasteiger partial charge on any atom is 0.315 e. The number of nitrogens with one attached hydrogen (secondary N) is 3. The Balaban J connectivity index is 1.41. The standard InChI is InChI=1S/C22H25Cl2FN4O2/c1-14(17-11-20(25)19(24)12-18(17)23)26-22(31)28-16-7-9-29(10-8-16)13-21(30)27-15-5-3-2-4-6-15/h2-6,11-12,14,16H,7-10,13H2,1H3,(H,27,30)(H2,26,28,31). The normalized spacial score (nSPS) is 15.9. The second-order valence-corrected chi connectivity index (χ2v) is 8.41. The van der Waals surface area contributed by atoms with E-state index in [1.54, 1.807) is 6.92 Å². The zero-order valence-electron chi connectivity index (χ0n) is 17.1. The smallest absolute Gasteiger partial charge is 0.315 e. The molecule has 3 rings (SSSR count). The molecule has 0 spiro atoms. The van der Waals surface area contributed by atoms with E-state index in [2.05, 4.69) is 20.9 Å². The minimum atomic E-state index is -0.584. The van der Waals surface area contributed by atoms with Gasteiger partial charge in [-0.2, -0.15) is 0 Å². The van der Waals surface area contributed by atoms with Crippen LogP contribution in [0.15, 0.2) is 42.5 Å². The maximum atomic E-state index is 13.7. The molecule has 2 aromatic rings. The van der Waals surface area contributed by atoms with Crippen LogP contribution in [-0.4, -0.2) is 42.5 Å². The molecule has 0 aliphatic carbocycles. The Morgan fingerprint density at radius 2 is 1.81 bits per heavy atom. The third-order valence-corrected chi connectivity index (χ3v) is 5.82. The number of hydrogen-bond donors (Lipinski definition) is 3. The number of piperidine rings is 1. The van der Waals surface area contributed by atoms with Crippen molar-refractivity contribution in [3.8, 4) is 0 Å². The van der Waals surface area contributed by atoms with Crippen LogP contribution in [0.3, 0.4) is 0 Å². The number of hydrogen-bond acceptors (Lipinski definition) is 3. The summed E-state index contributed by atoms with van der Waals surface area (Å²) in [7, 11) is 0. The van der Waals surface area contributed by atoms with Gasteiger partial charge in [-0.1, -0.05) is 41.4 Å². The fourth-order valence-electron chi connectivity index (χ4n) is 3.53. The van der Waals surface area contributed by atoms with Crippen molar-refractivity contribution in [2.75, 3.05) is 25.0 Å². The highest BCUT2D eigenvalue weighted by Crippen LogP contribution is 2.28. The van der Waals surface area contributed by atoms with Gasteiger partial charge in [-0.05, 0) is 49.6 Å². The summed E-state index contributed by atoms with van der Waals surface area (Å²) in [5, 5.41) is 8.83. The number of benzene rings is 2. The molecule has 1 aliphatic heterocycles. The Morgan fingerprint density at radius 3 is 2.48 bits per heavy atom. The van der Waals surface area contributed by atoms with E-state index < -0.39 is 11.9 Å². The van der Waals surface area contributed by atoms with Crippen molar-refractivity contribution in [1.29, 1.82) is 0 Å². The molecule has 0 aromatic heterocycles. The number of nitrogens with zero attached hydrogens (tertiary/aromatic N) is 1. The van der Waals surface area contributed by atoms with Crippen molar-refractivity contribution in [3.63, 3.8) is 0 Å². The lowest BCUT2D eigenvalue weighted by Crippen LogP contribution is -2.49. The fraction of sp³-hybridized carbons (Fsp3) is 0.364. The highest BCUT2D eigenvalue weighted by Gasteiger charge is 2.23. The molecular formula is C22H25Cl2FN4O2. The topological polar surface area (TPSA) is 73.5 Å². The SMILES string of the molecule is CC(NC(=O)NC1CCN(CC(=O)Nc2ccccc2)CC1)c1cc(F)c(Cl)cc1Cl. The van der Waals surface area contributed by atoms with Gasteiger partial charge in [0.25, 0.3) is 0 Å². The van der Waals surface area contributed by atoms with Crippen LogP contribution in [0.4, 0.5) is 14.9 Å². The first-order chi connectivity index (χ1) is 14.8. The van der Waals surface area contributed by atoms with Gasteiger partial charge in [-0.3, -0.25) is 9.69 Å². The largest absolute Gasteiger partial charge is 0.335 e. The Bertz CT molecular complexity index is 921. The quantitative estimate of drug-likeness (QED) is 0.544. The van der Waals surface area contributed by atoms with Gasteiger partial charge < -0.3 is 16.0 Å². The van der Waals surface area contributed by atoms with Crippen molar-refractivity contribution < 1.29 is 14.0 Å². The molecule has 6 nitrogen and oxygen atoms in total.